The number of benzene rings is 1. The van der Waals surface area contributed by atoms with Crippen molar-refractivity contribution < 1.29 is 32.0 Å². The van der Waals surface area contributed by atoms with E-state index in [0.717, 1.165) is 24.6 Å². The van der Waals surface area contributed by atoms with Gasteiger partial charge in [0.1, 0.15) is 22.9 Å². The van der Waals surface area contributed by atoms with Crippen molar-refractivity contribution in [2.45, 2.75) is 68.8 Å². The molecule has 6 rings (SSSR count). The summed E-state index contributed by atoms with van der Waals surface area (Å²) in [6.45, 7) is 1.72. The zero-order chi connectivity index (χ0) is 28.8. The van der Waals surface area contributed by atoms with Crippen molar-refractivity contribution in [2.75, 3.05) is 13.1 Å². The van der Waals surface area contributed by atoms with Gasteiger partial charge in [-0.05, 0) is 44.4 Å². The van der Waals surface area contributed by atoms with Crippen LogP contribution in [-0.4, -0.2) is 71.1 Å². The summed E-state index contributed by atoms with van der Waals surface area (Å²) in [6.07, 6.45) is 4.19. The molecule has 2 aliphatic heterocycles. The molecule has 11 nitrogen and oxygen atoms in total. The van der Waals surface area contributed by atoms with Gasteiger partial charge in [0.25, 0.3) is 5.95 Å². The Hall–Kier alpha value is -3.77. The number of nitrogens with one attached hydrogen (secondary N) is 1. The first kappa shape index (κ1) is 27.4. The molecule has 3 aromatic rings. The molecular weight excluding hydrogens is 548 g/mol. The minimum absolute atomic E-state index is 0.0584. The molecule has 12 heteroatoms. The Kier molecular flexibility index (Phi) is 7.06. The second-order valence-electron chi connectivity index (χ2n) is 11.1. The average Bonchev–Trinajstić information content (AvgIpc) is 3.63. The molecule has 2 aromatic heterocycles. The normalized spacial score (nSPS) is 22.6. The molecule has 1 aliphatic carbocycles. The number of ether oxygens (including phenoxy) is 1. The van der Waals surface area contributed by atoms with Gasteiger partial charge in [0.2, 0.25) is 15.9 Å². The molecule has 3 aliphatic rings. The third-order valence-corrected chi connectivity index (χ3v) is 10.3. The number of carbonyl (C=O) groups is 3. The number of hydrogen-bond acceptors (Lipinski definition) is 8. The van der Waals surface area contributed by atoms with E-state index in [1.165, 1.54) is 15.4 Å². The van der Waals surface area contributed by atoms with Gasteiger partial charge < -0.3 is 19.4 Å². The lowest BCUT2D eigenvalue weighted by Gasteiger charge is -2.40. The number of sulfonamides is 1. The molecule has 2 unspecified atom stereocenters. The lowest BCUT2D eigenvalue weighted by Crippen LogP contribution is -2.62. The zero-order valence-electron chi connectivity index (χ0n) is 22.7. The summed E-state index contributed by atoms with van der Waals surface area (Å²) in [4.78, 5) is 46.1. The molecule has 2 saturated heterocycles. The van der Waals surface area contributed by atoms with Gasteiger partial charge in [-0.2, -0.15) is 4.31 Å². The Labute approximate surface area is 237 Å². The number of amides is 2. The molecule has 2 amide bonds. The highest BCUT2D eigenvalue weighted by Crippen LogP contribution is 2.38. The number of rotatable bonds is 6. The summed E-state index contributed by atoms with van der Waals surface area (Å²) in [5.41, 5.74) is 0.385. The SMILES string of the molecule is Cc1c(OC(=O)NC2(C(=O)N3CCC4C3C(=O)CN4S(=O)(=O)Cc3ccccn3)CCCCC2)oc2ccccc12. The van der Waals surface area contributed by atoms with Gasteiger partial charge >= 0.3 is 6.09 Å². The lowest BCUT2D eigenvalue weighted by molar-refractivity contribution is -0.143. The number of hydrogen-bond donors (Lipinski definition) is 1. The van der Waals surface area contributed by atoms with Gasteiger partial charge in [0, 0.05) is 23.7 Å². The van der Waals surface area contributed by atoms with Crippen LogP contribution in [0.4, 0.5) is 4.79 Å². The fourth-order valence-electron chi connectivity index (χ4n) is 6.49. The first-order chi connectivity index (χ1) is 19.7. The standard InChI is InChI=1S/C29H32N4O7S/c1-19-21-10-3-4-11-24(21)39-26(19)40-28(36)31-29(13-6-2-7-14-29)27(35)32-16-12-22-25(32)23(34)17-33(22)41(37,38)18-20-9-5-8-15-30-20/h3-5,8-11,15,22,25H,2,6-7,12-14,16-18H2,1H3,(H,31,36). The van der Waals surface area contributed by atoms with Gasteiger partial charge in [-0.1, -0.05) is 43.5 Å². The van der Waals surface area contributed by atoms with E-state index in [4.69, 9.17) is 9.15 Å². The predicted octanol–water partition coefficient (Wildman–Crippen LogP) is 3.31. The Morgan fingerprint density at radius 2 is 1.88 bits per heavy atom. The van der Waals surface area contributed by atoms with Gasteiger partial charge in [0.15, 0.2) is 5.78 Å². The van der Waals surface area contributed by atoms with E-state index in [0.29, 0.717) is 36.1 Å². The molecule has 3 fully saturated rings. The maximum atomic E-state index is 14.2. The number of ketones is 1. The first-order valence-corrected chi connectivity index (χ1v) is 15.5. The maximum Gasteiger partial charge on any atom is 0.415 e. The fourth-order valence-corrected chi connectivity index (χ4v) is 8.16. The van der Waals surface area contributed by atoms with E-state index < -0.39 is 33.7 Å². The number of fused-ring (bicyclic) bond motifs is 2. The quantitative estimate of drug-likeness (QED) is 0.469. The molecule has 1 aromatic carbocycles. The highest BCUT2D eigenvalue weighted by atomic mass is 32.2. The molecule has 4 heterocycles. The van der Waals surface area contributed by atoms with Crippen molar-refractivity contribution in [3.05, 3.63) is 59.9 Å². The van der Waals surface area contributed by atoms with Gasteiger partial charge in [-0.15, -0.1) is 0 Å². The van der Waals surface area contributed by atoms with Crippen molar-refractivity contribution in [2.24, 2.45) is 0 Å². The molecule has 1 N–H and O–H groups in total. The van der Waals surface area contributed by atoms with Gasteiger partial charge in [-0.3, -0.25) is 14.6 Å². The second kappa shape index (κ2) is 10.6. The summed E-state index contributed by atoms with van der Waals surface area (Å²) in [6, 6.07) is 10.8. The van der Waals surface area contributed by atoms with E-state index >= 15 is 0 Å². The molecule has 1 saturated carbocycles. The Morgan fingerprint density at radius 3 is 2.61 bits per heavy atom. The second-order valence-corrected chi connectivity index (χ2v) is 13.0. The minimum Gasteiger partial charge on any atom is -0.425 e. The third kappa shape index (κ3) is 4.99. The molecule has 0 radical (unpaired) electrons. The molecule has 0 spiro atoms. The van der Waals surface area contributed by atoms with Crippen molar-refractivity contribution >= 4 is 38.8 Å². The fraction of sp³-hybridized carbons (Fsp3) is 0.448. The number of aryl methyl sites for hydroxylation is 1. The molecule has 216 valence electrons. The summed E-state index contributed by atoms with van der Waals surface area (Å²) < 4.78 is 39.1. The van der Waals surface area contributed by atoms with Crippen LogP contribution in [0.25, 0.3) is 11.0 Å². The van der Waals surface area contributed by atoms with Crippen molar-refractivity contribution in [3.8, 4) is 5.95 Å². The number of nitrogens with zero attached hydrogens (tertiary/aromatic N) is 3. The Balaban J connectivity index is 1.21. The van der Waals surface area contributed by atoms with Crippen LogP contribution in [0.1, 0.15) is 49.8 Å². The topological polar surface area (TPSA) is 139 Å². The third-order valence-electron chi connectivity index (χ3n) is 8.50. The predicted molar refractivity (Wildman–Crippen MR) is 148 cm³/mol. The van der Waals surface area contributed by atoms with Crippen LogP contribution < -0.4 is 10.1 Å². The Bertz CT molecular complexity index is 1600. The van der Waals surface area contributed by atoms with E-state index in [1.54, 1.807) is 31.2 Å². The van der Waals surface area contributed by atoms with Crippen LogP contribution in [0.2, 0.25) is 0 Å². The highest BCUT2D eigenvalue weighted by molar-refractivity contribution is 7.88. The number of carbonyl (C=O) groups excluding carboxylic acids is 3. The number of Topliss-reactive ketones (excluding diaryl/α,β-unsaturated/α-hetero) is 1. The van der Waals surface area contributed by atoms with Crippen molar-refractivity contribution in [1.29, 1.82) is 0 Å². The highest BCUT2D eigenvalue weighted by Gasteiger charge is 2.56. The largest absolute Gasteiger partial charge is 0.425 e. The summed E-state index contributed by atoms with van der Waals surface area (Å²) in [5, 5.41) is 3.66. The number of aromatic nitrogens is 1. The molecular formula is C29H32N4O7S. The lowest BCUT2D eigenvalue weighted by atomic mass is 9.80. The minimum atomic E-state index is -3.85. The van der Waals surface area contributed by atoms with Crippen molar-refractivity contribution in [1.82, 2.24) is 19.5 Å². The average molecular weight is 581 g/mol. The van der Waals surface area contributed by atoms with Crippen LogP contribution in [-0.2, 0) is 25.4 Å². The van der Waals surface area contributed by atoms with E-state index in [2.05, 4.69) is 10.3 Å². The number of para-hydroxylation sites is 1. The van der Waals surface area contributed by atoms with Crippen LogP contribution in [0.15, 0.2) is 53.1 Å². The van der Waals surface area contributed by atoms with Crippen molar-refractivity contribution in [3.63, 3.8) is 0 Å². The smallest absolute Gasteiger partial charge is 0.415 e. The van der Waals surface area contributed by atoms with Crippen LogP contribution in [0, 0.1) is 6.92 Å². The molecule has 41 heavy (non-hydrogen) atoms. The molecule has 2 atom stereocenters. The summed E-state index contributed by atoms with van der Waals surface area (Å²) in [5.74, 6) is -0.961. The summed E-state index contributed by atoms with van der Waals surface area (Å²) in [7, 11) is -3.85. The number of likely N-dealkylation sites (tertiary alicyclic amines) is 1. The first-order valence-electron chi connectivity index (χ1n) is 13.9. The molecule has 0 bridgehead atoms. The van der Waals surface area contributed by atoms with E-state index in [1.807, 2.05) is 18.2 Å². The number of pyridine rings is 1. The van der Waals surface area contributed by atoms with Crippen LogP contribution >= 0.6 is 0 Å². The maximum absolute atomic E-state index is 14.2. The summed E-state index contributed by atoms with van der Waals surface area (Å²) >= 11 is 0. The van der Waals surface area contributed by atoms with E-state index in [-0.39, 0.29) is 36.5 Å². The zero-order valence-corrected chi connectivity index (χ0v) is 23.6. The van der Waals surface area contributed by atoms with E-state index in [9.17, 15) is 22.8 Å². The van der Waals surface area contributed by atoms with Gasteiger partial charge in [-0.25, -0.2) is 13.2 Å². The van der Waals surface area contributed by atoms with Gasteiger partial charge in [0.05, 0.1) is 18.3 Å². The number of furan rings is 1. The van der Waals surface area contributed by atoms with Crippen LogP contribution in [0.3, 0.4) is 0 Å². The Morgan fingerprint density at radius 1 is 1.12 bits per heavy atom. The van der Waals surface area contributed by atoms with Crippen LogP contribution in [0.5, 0.6) is 5.95 Å². The monoisotopic (exact) mass is 580 g/mol.